The maximum atomic E-state index is 9.23. The van der Waals surface area contributed by atoms with Crippen LogP contribution in [-0.4, -0.2) is 9.97 Å². The van der Waals surface area contributed by atoms with Gasteiger partial charge in [-0.2, -0.15) is 5.26 Å². The van der Waals surface area contributed by atoms with Gasteiger partial charge in [-0.3, -0.25) is 0 Å². The molecule has 0 aromatic carbocycles. The van der Waals surface area contributed by atoms with E-state index in [4.69, 9.17) is 4.42 Å². The zero-order valence-electron chi connectivity index (χ0n) is 10.9. The van der Waals surface area contributed by atoms with E-state index in [9.17, 15) is 5.26 Å². The normalized spacial score (nSPS) is 13.3. The summed E-state index contributed by atoms with van der Waals surface area (Å²) in [6.45, 7) is 3.79. The lowest BCUT2D eigenvalue weighted by atomic mass is 10.2. The Labute approximate surface area is 115 Å². The number of pyridine rings is 1. The van der Waals surface area contributed by atoms with E-state index in [0.717, 1.165) is 36.4 Å². The van der Waals surface area contributed by atoms with Gasteiger partial charge in [0, 0.05) is 5.69 Å². The van der Waals surface area contributed by atoms with Gasteiger partial charge in [0.1, 0.15) is 16.9 Å². The molecule has 4 nitrogen and oxygen atoms in total. The second kappa shape index (κ2) is 4.71. The molecular weight excluding hydrogens is 258 g/mol. The first kappa shape index (κ1) is 12.2. The summed E-state index contributed by atoms with van der Waals surface area (Å²) in [4.78, 5) is 8.92. The summed E-state index contributed by atoms with van der Waals surface area (Å²) >= 11 is 1.33. The van der Waals surface area contributed by atoms with Crippen LogP contribution in [0.1, 0.15) is 34.7 Å². The van der Waals surface area contributed by atoms with Crippen molar-refractivity contribution in [2.45, 2.75) is 43.4 Å². The van der Waals surface area contributed by atoms with Crippen molar-refractivity contribution in [3.63, 3.8) is 0 Å². The lowest BCUT2D eigenvalue weighted by Gasteiger charge is -2.04. The Balaban J connectivity index is 1.98. The van der Waals surface area contributed by atoms with Gasteiger partial charge < -0.3 is 4.42 Å². The van der Waals surface area contributed by atoms with Crippen LogP contribution in [0.4, 0.5) is 0 Å². The second-order valence-electron chi connectivity index (χ2n) is 4.64. The van der Waals surface area contributed by atoms with Crippen molar-refractivity contribution in [1.82, 2.24) is 9.97 Å². The van der Waals surface area contributed by atoms with Gasteiger partial charge in [-0.1, -0.05) is 0 Å². The molecule has 0 spiro atoms. The maximum Gasteiger partial charge on any atom is 0.262 e. The molecule has 0 saturated carbocycles. The molecule has 0 N–H and O–H groups in total. The molecule has 0 amide bonds. The minimum atomic E-state index is 0.553. The number of hydrogen-bond donors (Lipinski definition) is 0. The number of oxazole rings is 1. The van der Waals surface area contributed by atoms with Gasteiger partial charge in [0.05, 0.1) is 11.3 Å². The Hall–Kier alpha value is -1.80. The Morgan fingerprint density at radius 1 is 1.32 bits per heavy atom. The van der Waals surface area contributed by atoms with E-state index < -0.39 is 0 Å². The predicted molar refractivity (Wildman–Crippen MR) is 71.1 cm³/mol. The van der Waals surface area contributed by atoms with Gasteiger partial charge in [0.25, 0.3) is 5.22 Å². The Morgan fingerprint density at radius 3 is 2.84 bits per heavy atom. The summed E-state index contributed by atoms with van der Waals surface area (Å²) in [6, 6.07) is 4.17. The van der Waals surface area contributed by atoms with E-state index in [1.165, 1.54) is 17.3 Å². The first-order valence-electron chi connectivity index (χ1n) is 6.22. The highest BCUT2D eigenvalue weighted by Crippen LogP contribution is 2.32. The molecule has 0 bridgehead atoms. The first-order valence-corrected chi connectivity index (χ1v) is 7.04. The maximum absolute atomic E-state index is 9.23. The lowest BCUT2D eigenvalue weighted by Crippen LogP contribution is -1.94. The zero-order chi connectivity index (χ0) is 13.4. The molecule has 0 unspecified atom stereocenters. The molecule has 0 radical (unpaired) electrons. The van der Waals surface area contributed by atoms with Crippen LogP contribution >= 0.6 is 11.8 Å². The molecule has 3 rings (SSSR count). The SMILES string of the molecule is Cc1nc(Sc2nc3c(cc2C#N)CCC3)oc1C. The first-order chi connectivity index (χ1) is 9.17. The second-order valence-corrected chi connectivity index (χ2v) is 5.58. The number of rotatable bonds is 2. The van der Waals surface area contributed by atoms with Gasteiger partial charge in [-0.15, -0.1) is 0 Å². The number of nitrogens with zero attached hydrogens (tertiary/aromatic N) is 3. The third-order valence-corrected chi connectivity index (χ3v) is 4.18. The third kappa shape index (κ3) is 2.24. The van der Waals surface area contributed by atoms with E-state index in [-0.39, 0.29) is 0 Å². The number of aromatic nitrogens is 2. The van der Waals surface area contributed by atoms with Crippen molar-refractivity contribution >= 4 is 11.8 Å². The molecule has 0 fully saturated rings. The van der Waals surface area contributed by atoms with E-state index in [0.29, 0.717) is 15.8 Å². The van der Waals surface area contributed by atoms with Crippen molar-refractivity contribution in [2.75, 3.05) is 0 Å². The molecule has 1 aliphatic carbocycles. The molecule has 2 aromatic rings. The van der Waals surface area contributed by atoms with Gasteiger partial charge in [0.15, 0.2) is 0 Å². The molecule has 96 valence electrons. The Morgan fingerprint density at radius 2 is 2.16 bits per heavy atom. The average molecular weight is 271 g/mol. The average Bonchev–Trinajstić information content (AvgIpc) is 2.95. The monoisotopic (exact) mass is 271 g/mol. The van der Waals surface area contributed by atoms with Crippen LogP contribution in [0.2, 0.25) is 0 Å². The van der Waals surface area contributed by atoms with Crippen molar-refractivity contribution in [2.24, 2.45) is 0 Å². The van der Waals surface area contributed by atoms with Crippen molar-refractivity contribution in [3.8, 4) is 6.07 Å². The fraction of sp³-hybridized carbons (Fsp3) is 0.357. The van der Waals surface area contributed by atoms with E-state index in [1.54, 1.807) is 0 Å². The van der Waals surface area contributed by atoms with Gasteiger partial charge >= 0.3 is 0 Å². The minimum absolute atomic E-state index is 0.553. The minimum Gasteiger partial charge on any atom is -0.436 e. The van der Waals surface area contributed by atoms with Crippen molar-refractivity contribution in [3.05, 3.63) is 34.3 Å². The number of hydrogen-bond acceptors (Lipinski definition) is 5. The molecule has 19 heavy (non-hydrogen) atoms. The Bertz CT molecular complexity index is 665. The van der Waals surface area contributed by atoms with Crippen LogP contribution < -0.4 is 0 Å². The predicted octanol–water partition coefficient (Wildman–Crippen LogP) is 3.20. The van der Waals surface area contributed by atoms with E-state index >= 15 is 0 Å². The van der Waals surface area contributed by atoms with Crippen LogP contribution in [0, 0.1) is 25.2 Å². The molecular formula is C14H13N3OS. The number of aryl methyl sites for hydroxylation is 4. The molecule has 0 aliphatic heterocycles. The van der Waals surface area contributed by atoms with Gasteiger partial charge in [-0.25, -0.2) is 9.97 Å². The molecule has 0 atom stereocenters. The van der Waals surface area contributed by atoms with Crippen molar-refractivity contribution < 1.29 is 4.42 Å². The smallest absolute Gasteiger partial charge is 0.262 e. The number of nitriles is 1. The van der Waals surface area contributed by atoms with Gasteiger partial charge in [-0.05, 0) is 56.5 Å². The highest BCUT2D eigenvalue weighted by molar-refractivity contribution is 7.99. The quantitative estimate of drug-likeness (QED) is 0.839. The topological polar surface area (TPSA) is 62.7 Å². The summed E-state index contributed by atoms with van der Waals surface area (Å²) < 4.78 is 5.54. The van der Waals surface area contributed by atoms with Crippen LogP contribution in [-0.2, 0) is 12.8 Å². The Kier molecular flexibility index (Phi) is 3.03. The number of fused-ring (bicyclic) bond motifs is 1. The summed E-state index contributed by atoms with van der Waals surface area (Å²) in [7, 11) is 0. The van der Waals surface area contributed by atoms with E-state index in [1.807, 2.05) is 19.9 Å². The standard InChI is InChI=1S/C14H13N3OS/c1-8-9(2)18-14(16-8)19-13-11(7-15)6-10-4-3-5-12(10)17-13/h6H,3-5H2,1-2H3. The van der Waals surface area contributed by atoms with Crippen LogP contribution in [0.5, 0.6) is 0 Å². The summed E-state index contributed by atoms with van der Waals surface area (Å²) in [5.41, 5.74) is 3.81. The highest BCUT2D eigenvalue weighted by Gasteiger charge is 2.18. The van der Waals surface area contributed by atoms with Gasteiger partial charge in [0.2, 0.25) is 0 Å². The van der Waals surface area contributed by atoms with Crippen LogP contribution in [0.25, 0.3) is 0 Å². The zero-order valence-corrected chi connectivity index (χ0v) is 11.7. The highest BCUT2D eigenvalue weighted by atomic mass is 32.2. The third-order valence-electron chi connectivity index (χ3n) is 3.33. The fourth-order valence-electron chi connectivity index (χ4n) is 2.18. The van der Waals surface area contributed by atoms with Crippen LogP contribution in [0.15, 0.2) is 20.7 Å². The molecule has 2 heterocycles. The molecule has 2 aromatic heterocycles. The van der Waals surface area contributed by atoms with E-state index in [2.05, 4.69) is 16.0 Å². The molecule has 1 aliphatic rings. The summed E-state index contributed by atoms with van der Waals surface area (Å²) in [5.74, 6) is 0.808. The molecule has 0 saturated heterocycles. The fourth-order valence-corrected chi connectivity index (χ4v) is 3.07. The van der Waals surface area contributed by atoms with Crippen molar-refractivity contribution in [1.29, 1.82) is 5.26 Å². The largest absolute Gasteiger partial charge is 0.436 e. The summed E-state index contributed by atoms with van der Waals surface area (Å²) in [6.07, 6.45) is 3.15. The molecule has 5 heteroatoms. The summed E-state index contributed by atoms with van der Waals surface area (Å²) in [5, 5.41) is 10.5. The lowest BCUT2D eigenvalue weighted by molar-refractivity contribution is 0.431. The van der Waals surface area contributed by atoms with Crippen LogP contribution in [0.3, 0.4) is 0 Å².